The Bertz CT molecular complexity index is 982. The molecule has 5 fully saturated rings. The van der Waals surface area contributed by atoms with Crippen LogP contribution in [0.3, 0.4) is 0 Å². The first-order valence-electron chi connectivity index (χ1n) is 15.7. The van der Waals surface area contributed by atoms with Gasteiger partial charge in [-0.25, -0.2) is 4.39 Å². The number of nitrogens with one attached hydrogen (secondary N) is 2. The highest BCUT2D eigenvalue weighted by Crippen LogP contribution is 2.50. The number of halogens is 1. The van der Waals surface area contributed by atoms with Crippen LogP contribution in [0.5, 0.6) is 0 Å². The summed E-state index contributed by atoms with van der Waals surface area (Å²) in [5.74, 6) is -0.0750. The number of carbonyl (C=O) groups is 2. The third-order valence-corrected chi connectivity index (χ3v) is 11.0. The van der Waals surface area contributed by atoms with Crippen LogP contribution in [0.4, 0.5) is 4.39 Å². The smallest absolute Gasteiger partial charge is 0.256 e. The van der Waals surface area contributed by atoms with Gasteiger partial charge in [-0.05, 0) is 64.0 Å². The van der Waals surface area contributed by atoms with Gasteiger partial charge in [0.05, 0.1) is 48.6 Å². The normalized spacial score (nSPS) is 42.0. The molecule has 6 rings (SSSR count). The standard InChI is InChI=1S/C30H47FN4O5/c1-34-10-4-7-19(34)8-9-32-30(39)22-15-35-24-11-17-5-2-3-6-18(17)12-25(24)40-29-26(33-14-20(37)16-36)23(31)13-21(27(29)35)28(22)38/h15,17-21,23-27,29,33,36-37H,2-14,16H2,1H3,(H,32,39). The maximum Gasteiger partial charge on any atom is 0.256 e. The third kappa shape index (κ3) is 5.35. The van der Waals surface area contributed by atoms with Crippen LogP contribution < -0.4 is 10.6 Å². The molecule has 9 nitrogen and oxygen atoms in total. The van der Waals surface area contributed by atoms with Crippen LogP contribution in [0.1, 0.15) is 64.2 Å². The van der Waals surface area contributed by atoms with Crippen molar-refractivity contribution in [1.82, 2.24) is 20.4 Å². The van der Waals surface area contributed by atoms with Gasteiger partial charge in [-0.1, -0.05) is 25.7 Å². The van der Waals surface area contributed by atoms with E-state index in [1.54, 1.807) is 6.20 Å². The fraction of sp³-hybridized carbons (Fsp3) is 0.867. The number of hydrogen-bond donors (Lipinski definition) is 4. The minimum atomic E-state index is -1.37. The van der Waals surface area contributed by atoms with E-state index in [0.717, 1.165) is 32.2 Å². The van der Waals surface area contributed by atoms with Crippen molar-refractivity contribution in [3.8, 4) is 0 Å². The Balaban J connectivity index is 1.25. The maximum atomic E-state index is 15.8. The molecule has 0 bridgehead atoms. The zero-order chi connectivity index (χ0) is 28.0. The lowest BCUT2D eigenvalue weighted by Crippen LogP contribution is -2.73. The molecule has 1 amide bonds. The highest BCUT2D eigenvalue weighted by molar-refractivity contribution is 6.20. The van der Waals surface area contributed by atoms with Crippen LogP contribution in [0.25, 0.3) is 0 Å². The number of hydrogen-bond acceptors (Lipinski definition) is 8. The summed E-state index contributed by atoms with van der Waals surface area (Å²) in [4.78, 5) is 31.7. The van der Waals surface area contributed by atoms with E-state index >= 15 is 4.39 Å². The number of aliphatic hydroxyl groups is 2. The van der Waals surface area contributed by atoms with Gasteiger partial charge in [0.2, 0.25) is 0 Å². The molecule has 224 valence electrons. The van der Waals surface area contributed by atoms with Crippen molar-refractivity contribution in [2.24, 2.45) is 17.8 Å². The highest BCUT2D eigenvalue weighted by atomic mass is 19.1. The predicted octanol–water partition coefficient (Wildman–Crippen LogP) is 1.13. The number of ketones is 1. The van der Waals surface area contributed by atoms with Crippen molar-refractivity contribution in [1.29, 1.82) is 0 Å². The highest BCUT2D eigenvalue weighted by Gasteiger charge is 2.59. The summed E-state index contributed by atoms with van der Waals surface area (Å²) in [6.07, 6.45) is 8.68. The quantitative estimate of drug-likeness (QED) is 0.326. The van der Waals surface area contributed by atoms with E-state index in [0.29, 0.717) is 24.4 Å². The zero-order valence-corrected chi connectivity index (χ0v) is 23.7. The lowest BCUT2D eigenvalue weighted by atomic mass is 9.65. The summed E-state index contributed by atoms with van der Waals surface area (Å²) >= 11 is 0. The van der Waals surface area contributed by atoms with Gasteiger partial charge in [0.15, 0.2) is 5.78 Å². The molecular weight excluding hydrogens is 515 g/mol. The monoisotopic (exact) mass is 562 g/mol. The fourth-order valence-corrected chi connectivity index (χ4v) is 8.82. The van der Waals surface area contributed by atoms with Crippen molar-refractivity contribution in [2.75, 3.05) is 33.3 Å². The number of alkyl halides is 1. The molecule has 6 aliphatic rings. The van der Waals surface area contributed by atoms with Gasteiger partial charge in [-0.3, -0.25) is 9.59 Å². The number of aliphatic hydroxyl groups excluding tert-OH is 2. The Morgan fingerprint density at radius 3 is 2.67 bits per heavy atom. The fourth-order valence-electron chi connectivity index (χ4n) is 8.82. The molecule has 3 aliphatic carbocycles. The topological polar surface area (TPSA) is 114 Å². The number of morpholine rings is 1. The van der Waals surface area contributed by atoms with E-state index in [1.165, 1.54) is 32.1 Å². The summed E-state index contributed by atoms with van der Waals surface area (Å²) in [5, 5.41) is 25.4. The Morgan fingerprint density at radius 2 is 1.95 bits per heavy atom. The van der Waals surface area contributed by atoms with E-state index in [9.17, 15) is 19.8 Å². The van der Waals surface area contributed by atoms with Crippen molar-refractivity contribution < 1.29 is 28.9 Å². The SMILES string of the molecule is CN1CCCC1CCNC(=O)C1=CN2C3CC4CCCCC4CC3OC3C(NCC(O)CO)C(F)CC(C1=O)C32. The van der Waals surface area contributed by atoms with Crippen LogP contribution in [-0.2, 0) is 14.3 Å². The first kappa shape index (κ1) is 28.5. The van der Waals surface area contributed by atoms with Crippen molar-refractivity contribution in [3.05, 3.63) is 11.8 Å². The van der Waals surface area contributed by atoms with E-state index in [4.69, 9.17) is 4.74 Å². The van der Waals surface area contributed by atoms with Gasteiger partial charge in [-0.2, -0.15) is 0 Å². The number of Topliss-reactive ketones (excluding diaryl/α,β-unsaturated/α-hetero) is 1. The average Bonchev–Trinajstić information content (AvgIpc) is 3.36. The second-order valence-electron chi connectivity index (χ2n) is 13.3. The number of likely N-dealkylation sites (tertiary alicyclic amines) is 1. The summed E-state index contributed by atoms with van der Waals surface area (Å²) in [6, 6.07) is -0.541. The molecule has 2 saturated heterocycles. The van der Waals surface area contributed by atoms with Crippen molar-refractivity contribution >= 4 is 11.7 Å². The predicted molar refractivity (Wildman–Crippen MR) is 147 cm³/mol. The maximum absolute atomic E-state index is 15.8. The van der Waals surface area contributed by atoms with Gasteiger partial charge >= 0.3 is 0 Å². The molecule has 0 aromatic rings. The molecule has 40 heavy (non-hydrogen) atoms. The molecule has 3 saturated carbocycles. The first-order chi connectivity index (χ1) is 19.4. The number of ether oxygens (including phenoxy) is 1. The molecular formula is C30H47FN4O5. The zero-order valence-electron chi connectivity index (χ0n) is 23.7. The molecule has 3 aliphatic heterocycles. The second kappa shape index (κ2) is 12.0. The van der Waals surface area contributed by atoms with E-state index in [-0.39, 0.29) is 48.4 Å². The Morgan fingerprint density at radius 1 is 1.18 bits per heavy atom. The second-order valence-corrected chi connectivity index (χ2v) is 13.3. The van der Waals surface area contributed by atoms with Crippen molar-refractivity contribution in [3.63, 3.8) is 0 Å². The number of nitrogens with zero attached hydrogens (tertiary/aromatic N) is 2. The molecule has 0 spiro atoms. The van der Waals surface area contributed by atoms with Gasteiger partial charge in [0, 0.05) is 31.2 Å². The van der Waals surface area contributed by atoms with Gasteiger partial charge < -0.3 is 35.4 Å². The van der Waals surface area contributed by atoms with Gasteiger partial charge in [0.1, 0.15) is 6.17 Å². The van der Waals surface area contributed by atoms with Crippen LogP contribution in [0, 0.1) is 17.8 Å². The van der Waals surface area contributed by atoms with Gasteiger partial charge in [-0.15, -0.1) is 0 Å². The lowest BCUT2D eigenvalue weighted by Gasteiger charge is -2.61. The van der Waals surface area contributed by atoms with Crippen LogP contribution in [-0.4, -0.2) is 114 Å². The summed E-state index contributed by atoms with van der Waals surface area (Å²) in [5.41, 5.74) is 0.153. The molecule has 0 aromatic heterocycles. The number of rotatable bonds is 8. The minimum Gasteiger partial charge on any atom is -0.394 e. The molecule has 4 N–H and O–H groups in total. The lowest BCUT2D eigenvalue weighted by molar-refractivity contribution is -0.208. The van der Waals surface area contributed by atoms with Crippen LogP contribution >= 0.6 is 0 Å². The first-order valence-corrected chi connectivity index (χ1v) is 15.7. The Hall–Kier alpha value is -1.59. The van der Waals surface area contributed by atoms with E-state index in [1.807, 2.05) is 0 Å². The average molecular weight is 563 g/mol. The molecule has 11 unspecified atom stereocenters. The molecule has 3 heterocycles. The number of fused-ring (bicyclic) bond motifs is 3. The van der Waals surface area contributed by atoms with Crippen molar-refractivity contribution in [2.45, 2.75) is 113 Å². The Labute approximate surface area is 236 Å². The molecule has 0 aromatic carbocycles. The minimum absolute atomic E-state index is 0.00762. The number of amides is 1. The largest absolute Gasteiger partial charge is 0.394 e. The van der Waals surface area contributed by atoms with Gasteiger partial charge in [0.25, 0.3) is 5.91 Å². The molecule has 10 heteroatoms. The summed E-state index contributed by atoms with van der Waals surface area (Å²) < 4.78 is 22.5. The summed E-state index contributed by atoms with van der Waals surface area (Å²) in [6.45, 7) is 1.22. The van der Waals surface area contributed by atoms with E-state index < -0.39 is 36.9 Å². The van der Waals surface area contributed by atoms with E-state index in [2.05, 4.69) is 27.5 Å². The molecule has 11 atom stereocenters. The number of carbonyl (C=O) groups excluding carboxylic acids is 2. The van der Waals surface area contributed by atoms with Crippen LogP contribution in [0.2, 0.25) is 0 Å². The summed E-state index contributed by atoms with van der Waals surface area (Å²) in [7, 11) is 2.11. The third-order valence-electron chi connectivity index (χ3n) is 11.0. The molecule has 0 radical (unpaired) electrons. The van der Waals surface area contributed by atoms with Crippen LogP contribution in [0.15, 0.2) is 11.8 Å². The Kier molecular flexibility index (Phi) is 8.53.